The average Bonchev–Trinajstić information content (AvgIpc) is 2.89. The van der Waals surface area contributed by atoms with Crippen LogP contribution in [0.1, 0.15) is 13.3 Å². The van der Waals surface area contributed by atoms with E-state index in [4.69, 9.17) is 5.73 Å². The lowest BCUT2D eigenvalue weighted by Crippen LogP contribution is -2.12. The first kappa shape index (κ1) is 13.1. The Morgan fingerprint density at radius 3 is 2.58 bits per heavy atom. The number of anilines is 3. The molecular formula is C12H19N7. The number of hydrogen-bond acceptors (Lipinski definition) is 6. The van der Waals surface area contributed by atoms with Crippen molar-refractivity contribution in [1.29, 1.82) is 0 Å². The van der Waals surface area contributed by atoms with Gasteiger partial charge in [-0.15, -0.1) is 0 Å². The van der Waals surface area contributed by atoms with Gasteiger partial charge in [0.25, 0.3) is 0 Å². The molecule has 0 aliphatic carbocycles. The molecule has 102 valence electrons. The summed E-state index contributed by atoms with van der Waals surface area (Å²) in [6.45, 7) is 4.54. The SMILES string of the molecule is CCCNc1cc(NCCn2ccnc2)nc(N)n1. The van der Waals surface area contributed by atoms with Crippen molar-refractivity contribution in [2.24, 2.45) is 0 Å². The number of nitrogens with two attached hydrogens (primary N) is 1. The summed E-state index contributed by atoms with van der Waals surface area (Å²) in [7, 11) is 0. The largest absolute Gasteiger partial charge is 0.370 e. The molecule has 7 heteroatoms. The van der Waals surface area contributed by atoms with Crippen LogP contribution in [0.2, 0.25) is 0 Å². The number of hydrogen-bond donors (Lipinski definition) is 3. The van der Waals surface area contributed by atoms with E-state index in [0.717, 1.165) is 37.7 Å². The second kappa shape index (κ2) is 6.58. The molecule has 0 atom stereocenters. The van der Waals surface area contributed by atoms with Gasteiger partial charge in [0.05, 0.1) is 6.33 Å². The second-order valence-corrected chi connectivity index (χ2v) is 4.15. The second-order valence-electron chi connectivity index (χ2n) is 4.15. The number of nitrogen functional groups attached to an aromatic ring is 1. The van der Waals surface area contributed by atoms with Crippen molar-refractivity contribution in [3.8, 4) is 0 Å². The first-order chi connectivity index (χ1) is 9.28. The van der Waals surface area contributed by atoms with Crippen molar-refractivity contribution in [2.75, 3.05) is 29.5 Å². The highest BCUT2D eigenvalue weighted by Gasteiger charge is 2.01. The fourth-order valence-corrected chi connectivity index (χ4v) is 1.63. The molecule has 2 heterocycles. The van der Waals surface area contributed by atoms with E-state index in [-0.39, 0.29) is 5.95 Å². The third kappa shape index (κ3) is 4.13. The van der Waals surface area contributed by atoms with E-state index in [1.807, 2.05) is 16.8 Å². The van der Waals surface area contributed by atoms with Crippen molar-refractivity contribution in [3.05, 3.63) is 24.8 Å². The molecule has 0 aromatic carbocycles. The van der Waals surface area contributed by atoms with Gasteiger partial charge in [-0.2, -0.15) is 9.97 Å². The predicted octanol–water partition coefficient (Wildman–Crippen LogP) is 1.19. The van der Waals surface area contributed by atoms with Gasteiger partial charge in [-0.25, -0.2) is 4.98 Å². The standard InChI is InChI=1S/C12H19N7/c1-2-3-15-10-8-11(18-12(13)17-10)16-5-7-19-6-4-14-9-19/h4,6,8-9H,2-3,5,7H2,1H3,(H4,13,15,16,17,18). The molecule has 19 heavy (non-hydrogen) atoms. The first-order valence-electron chi connectivity index (χ1n) is 6.36. The number of nitrogens with zero attached hydrogens (tertiary/aromatic N) is 4. The smallest absolute Gasteiger partial charge is 0.223 e. The third-order valence-electron chi connectivity index (χ3n) is 2.53. The molecule has 0 saturated carbocycles. The highest BCUT2D eigenvalue weighted by molar-refractivity contribution is 5.50. The Labute approximate surface area is 112 Å². The molecule has 4 N–H and O–H groups in total. The lowest BCUT2D eigenvalue weighted by molar-refractivity contribution is 0.725. The zero-order valence-corrected chi connectivity index (χ0v) is 11.0. The molecule has 0 spiro atoms. The van der Waals surface area contributed by atoms with Crippen LogP contribution in [0.3, 0.4) is 0 Å². The summed E-state index contributed by atoms with van der Waals surface area (Å²) >= 11 is 0. The van der Waals surface area contributed by atoms with Gasteiger partial charge in [0, 0.05) is 38.1 Å². The number of imidazole rings is 1. The van der Waals surface area contributed by atoms with Gasteiger partial charge >= 0.3 is 0 Å². The Morgan fingerprint density at radius 1 is 1.21 bits per heavy atom. The fraction of sp³-hybridized carbons (Fsp3) is 0.417. The van der Waals surface area contributed by atoms with Crippen LogP contribution >= 0.6 is 0 Å². The maximum absolute atomic E-state index is 5.68. The van der Waals surface area contributed by atoms with Gasteiger partial charge in [0.2, 0.25) is 5.95 Å². The van der Waals surface area contributed by atoms with E-state index in [9.17, 15) is 0 Å². The van der Waals surface area contributed by atoms with Crippen LogP contribution in [-0.4, -0.2) is 32.6 Å². The van der Waals surface area contributed by atoms with Crippen LogP contribution in [0.5, 0.6) is 0 Å². The van der Waals surface area contributed by atoms with E-state index in [0.29, 0.717) is 0 Å². The van der Waals surface area contributed by atoms with Crippen molar-refractivity contribution in [3.63, 3.8) is 0 Å². The molecule has 0 aliphatic rings. The normalized spacial score (nSPS) is 10.4. The van der Waals surface area contributed by atoms with Gasteiger partial charge in [-0.05, 0) is 6.42 Å². The van der Waals surface area contributed by atoms with Crippen LogP contribution in [-0.2, 0) is 6.54 Å². The Bertz CT molecular complexity index is 495. The van der Waals surface area contributed by atoms with E-state index in [2.05, 4.69) is 32.5 Å². The monoisotopic (exact) mass is 261 g/mol. The summed E-state index contributed by atoms with van der Waals surface area (Å²) in [4.78, 5) is 12.3. The van der Waals surface area contributed by atoms with E-state index in [1.54, 1.807) is 12.5 Å². The third-order valence-corrected chi connectivity index (χ3v) is 2.53. The highest BCUT2D eigenvalue weighted by Crippen LogP contribution is 2.12. The lowest BCUT2D eigenvalue weighted by Gasteiger charge is -2.09. The van der Waals surface area contributed by atoms with Crippen LogP contribution in [0.25, 0.3) is 0 Å². The topological polar surface area (TPSA) is 93.7 Å². The van der Waals surface area contributed by atoms with Crippen molar-refractivity contribution >= 4 is 17.6 Å². The van der Waals surface area contributed by atoms with Crippen LogP contribution < -0.4 is 16.4 Å². The minimum Gasteiger partial charge on any atom is -0.370 e. The quantitative estimate of drug-likeness (QED) is 0.693. The predicted molar refractivity (Wildman–Crippen MR) is 75.9 cm³/mol. The molecule has 2 aromatic rings. The first-order valence-corrected chi connectivity index (χ1v) is 6.36. The lowest BCUT2D eigenvalue weighted by atomic mass is 10.4. The number of rotatable bonds is 7. The van der Waals surface area contributed by atoms with Crippen molar-refractivity contribution < 1.29 is 0 Å². The number of aromatic nitrogens is 4. The maximum Gasteiger partial charge on any atom is 0.223 e. The molecular weight excluding hydrogens is 242 g/mol. The molecule has 0 fully saturated rings. The van der Waals surface area contributed by atoms with Crippen LogP contribution in [0.15, 0.2) is 24.8 Å². The molecule has 0 bridgehead atoms. The van der Waals surface area contributed by atoms with Crippen LogP contribution in [0, 0.1) is 0 Å². The Kier molecular flexibility index (Phi) is 4.54. The van der Waals surface area contributed by atoms with E-state index in [1.165, 1.54) is 0 Å². The average molecular weight is 261 g/mol. The van der Waals surface area contributed by atoms with Gasteiger partial charge in [-0.3, -0.25) is 0 Å². The van der Waals surface area contributed by atoms with E-state index < -0.39 is 0 Å². The number of nitrogens with one attached hydrogen (secondary N) is 2. The van der Waals surface area contributed by atoms with Crippen molar-refractivity contribution in [2.45, 2.75) is 19.9 Å². The minimum atomic E-state index is 0.270. The van der Waals surface area contributed by atoms with Crippen molar-refractivity contribution in [1.82, 2.24) is 19.5 Å². The molecule has 0 amide bonds. The van der Waals surface area contributed by atoms with Gasteiger partial charge in [0.1, 0.15) is 11.6 Å². The maximum atomic E-state index is 5.68. The molecule has 0 aliphatic heterocycles. The molecule has 0 saturated heterocycles. The summed E-state index contributed by atoms with van der Waals surface area (Å²) < 4.78 is 1.99. The Balaban J connectivity index is 1.90. The van der Waals surface area contributed by atoms with E-state index >= 15 is 0 Å². The highest BCUT2D eigenvalue weighted by atomic mass is 15.1. The Morgan fingerprint density at radius 2 is 1.95 bits per heavy atom. The molecule has 2 rings (SSSR count). The molecule has 7 nitrogen and oxygen atoms in total. The van der Waals surface area contributed by atoms with Crippen LogP contribution in [0.4, 0.5) is 17.6 Å². The zero-order chi connectivity index (χ0) is 13.5. The minimum absolute atomic E-state index is 0.270. The van der Waals surface area contributed by atoms with Gasteiger partial charge < -0.3 is 20.9 Å². The fourth-order valence-electron chi connectivity index (χ4n) is 1.63. The Hall–Kier alpha value is -2.31. The molecule has 0 radical (unpaired) electrons. The summed E-state index contributed by atoms with van der Waals surface area (Å²) in [5.41, 5.74) is 5.68. The zero-order valence-electron chi connectivity index (χ0n) is 11.0. The molecule has 2 aromatic heterocycles. The summed E-state index contributed by atoms with van der Waals surface area (Å²) in [6.07, 6.45) is 6.50. The summed E-state index contributed by atoms with van der Waals surface area (Å²) in [6, 6.07) is 1.86. The van der Waals surface area contributed by atoms with Gasteiger partial charge in [-0.1, -0.05) is 6.92 Å². The summed E-state index contributed by atoms with van der Waals surface area (Å²) in [5, 5.41) is 6.41. The summed E-state index contributed by atoms with van der Waals surface area (Å²) in [5.74, 6) is 1.75. The van der Waals surface area contributed by atoms with Gasteiger partial charge in [0.15, 0.2) is 0 Å². The molecule has 0 unspecified atom stereocenters.